The van der Waals surface area contributed by atoms with Crippen molar-refractivity contribution >= 4 is 34.5 Å². The Hall–Kier alpha value is -1.47. The van der Waals surface area contributed by atoms with Gasteiger partial charge in [-0.2, -0.15) is 0 Å². The number of thiophene rings is 1. The van der Waals surface area contributed by atoms with Crippen LogP contribution in [0.25, 0.3) is 0 Å². The van der Waals surface area contributed by atoms with E-state index in [4.69, 9.17) is 11.6 Å². The Balaban J connectivity index is 1.42. The first-order valence-electron chi connectivity index (χ1n) is 8.05. The highest BCUT2D eigenvalue weighted by atomic mass is 35.5. The maximum absolute atomic E-state index is 13.1. The minimum Gasteiger partial charge on any atom is -0.321 e. The summed E-state index contributed by atoms with van der Waals surface area (Å²) in [5, 5.41) is 2.76. The molecule has 0 bridgehead atoms. The van der Waals surface area contributed by atoms with Gasteiger partial charge in [-0.25, -0.2) is 4.39 Å². The molecule has 0 aliphatic carbocycles. The largest absolute Gasteiger partial charge is 0.321 e. The van der Waals surface area contributed by atoms with E-state index in [0.717, 1.165) is 37.1 Å². The highest BCUT2D eigenvalue weighted by molar-refractivity contribution is 7.16. The Labute approximate surface area is 149 Å². The quantitative estimate of drug-likeness (QED) is 0.704. The summed E-state index contributed by atoms with van der Waals surface area (Å²) in [6.45, 7) is 5.43. The molecule has 0 unspecified atom stereocenters. The van der Waals surface area contributed by atoms with Crippen LogP contribution in [0, 0.1) is 5.82 Å². The van der Waals surface area contributed by atoms with Crippen LogP contribution in [0.15, 0.2) is 36.4 Å². The predicted molar refractivity (Wildman–Crippen MR) is 94.3 cm³/mol. The molecule has 0 atom stereocenters. The highest BCUT2D eigenvalue weighted by Gasteiger charge is 2.25. The Bertz CT molecular complexity index is 701. The minimum atomic E-state index is -0.342. The first-order chi connectivity index (χ1) is 11.6. The van der Waals surface area contributed by atoms with Gasteiger partial charge in [0.05, 0.1) is 9.21 Å². The maximum atomic E-state index is 13.1. The molecule has 0 spiro atoms. The fourth-order valence-corrected chi connectivity index (χ4v) is 4.16. The Morgan fingerprint density at radius 2 is 1.92 bits per heavy atom. The Morgan fingerprint density at radius 3 is 2.58 bits per heavy atom. The van der Waals surface area contributed by atoms with Gasteiger partial charge in [0.2, 0.25) is 0 Å². The van der Waals surface area contributed by atoms with E-state index in [-0.39, 0.29) is 11.7 Å². The van der Waals surface area contributed by atoms with E-state index < -0.39 is 0 Å². The number of carbonyl (C=O) groups is 1. The van der Waals surface area contributed by atoms with Gasteiger partial charge in [0.1, 0.15) is 38.5 Å². The third-order valence-electron chi connectivity index (χ3n) is 4.24. The molecule has 1 aliphatic heterocycles. The fraction of sp³-hybridized carbons (Fsp3) is 0.353. The molecule has 1 saturated heterocycles. The molecule has 7 heteroatoms. The van der Waals surface area contributed by atoms with E-state index in [9.17, 15) is 9.18 Å². The van der Waals surface area contributed by atoms with Crippen LogP contribution < -0.4 is 15.1 Å². The second kappa shape index (κ2) is 8.07. The van der Waals surface area contributed by atoms with E-state index in [1.54, 1.807) is 23.5 Å². The van der Waals surface area contributed by atoms with Crippen LogP contribution in [0.1, 0.15) is 4.88 Å². The number of rotatable bonds is 5. The van der Waals surface area contributed by atoms with Crippen LogP contribution in [0.4, 0.5) is 10.1 Å². The lowest BCUT2D eigenvalue weighted by molar-refractivity contribution is -1.01. The average molecular weight is 370 g/mol. The summed E-state index contributed by atoms with van der Waals surface area (Å²) in [7, 11) is 0. The van der Waals surface area contributed by atoms with Gasteiger partial charge in [0.25, 0.3) is 5.91 Å². The van der Waals surface area contributed by atoms with Gasteiger partial charge in [-0.05, 0) is 30.3 Å². The number of hydrogen-bond acceptors (Lipinski definition) is 2. The van der Waals surface area contributed by atoms with Gasteiger partial charge in [-0.3, -0.25) is 4.79 Å². The third kappa shape index (κ3) is 5.01. The van der Waals surface area contributed by atoms with E-state index in [1.807, 2.05) is 6.07 Å². The summed E-state index contributed by atoms with van der Waals surface area (Å²) in [4.78, 5) is 16.2. The number of piperazine rings is 1. The highest BCUT2D eigenvalue weighted by Crippen LogP contribution is 2.20. The maximum Gasteiger partial charge on any atom is 0.279 e. The van der Waals surface area contributed by atoms with Crippen molar-refractivity contribution in [1.82, 2.24) is 0 Å². The second-order valence-electron chi connectivity index (χ2n) is 6.12. The number of halogens is 2. The zero-order chi connectivity index (χ0) is 16.9. The van der Waals surface area contributed by atoms with Crippen molar-refractivity contribution in [1.29, 1.82) is 0 Å². The van der Waals surface area contributed by atoms with Gasteiger partial charge in [-0.15, -0.1) is 11.3 Å². The standard InChI is InChI=1S/C17H19ClFN3OS/c18-16-5-4-15(24-16)11-21-6-8-22(9-7-21)12-17(23)20-14-3-1-2-13(19)10-14/h1-5,10H,6-9,11-12H2,(H,20,23)/p+2. The lowest BCUT2D eigenvalue weighted by Crippen LogP contribution is -3.28. The molecule has 24 heavy (non-hydrogen) atoms. The van der Waals surface area contributed by atoms with Crippen LogP contribution >= 0.6 is 22.9 Å². The number of amides is 1. The van der Waals surface area contributed by atoms with Gasteiger partial charge in [0.15, 0.2) is 6.54 Å². The van der Waals surface area contributed by atoms with Crippen molar-refractivity contribution in [3.8, 4) is 0 Å². The number of quaternary nitrogens is 2. The van der Waals surface area contributed by atoms with Crippen LogP contribution in [0.5, 0.6) is 0 Å². The molecule has 4 nitrogen and oxygen atoms in total. The van der Waals surface area contributed by atoms with E-state index in [2.05, 4.69) is 11.4 Å². The molecular weight excluding hydrogens is 349 g/mol. The average Bonchev–Trinajstić information content (AvgIpc) is 2.94. The summed E-state index contributed by atoms with van der Waals surface area (Å²) in [5.41, 5.74) is 0.512. The normalized spacial score (nSPS) is 20.8. The fourth-order valence-electron chi connectivity index (χ4n) is 3.00. The molecule has 128 valence electrons. The first-order valence-corrected chi connectivity index (χ1v) is 9.25. The number of benzene rings is 1. The lowest BCUT2D eigenvalue weighted by Gasteiger charge is -2.29. The van der Waals surface area contributed by atoms with Crippen LogP contribution in [0.3, 0.4) is 0 Å². The monoisotopic (exact) mass is 369 g/mol. The van der Waals surface area contributed by atoms with Crippen LogP contribution in [-0.4, -0.2) is 38.6 Å². The number of anilines is 1. The Kier molecular flexibility index (Phi) is 5.84. The summed E-state index contributed by atoms with van der Waals surface area (Å²) < 4.78 is 14.0. The molecule has 2 heterocycles. The van der Waals surface area contributed by atoms with Crippen LogP contribution in [0.2, 0.25) is 4.34 Å². The molecule has 1 aliphatic rings. The van der Waals surface area contributed by atoms with Crippen molar-refractivity contribution in [2.45, 2.75) is 6.54 Å². The van der Waals surface area contributed by atoms with Gasteiger partial charge in [-0.1, -0.05) is 17.7 Å². The molecule has 1 amide bonds. The summed E-state index contributed by atoms with van der Waals surface area (Å²) in [6, 6.07) is 10.0. The zero-order valence-electron chi connectivity index (χ0n) is 13.3. The number of hydrogen-bond donors (Lipinski definition) is 3. The van der Waals surface area contributed by atoms with Crippen molar-refractivity contribution in [3.05, 3.63) is 51.4 Å². The minimum absolute atomic E-state index is 0.0657. The van der Waals surface area contributed by atoms with Crippen molar-refractivity contribution in [2.75, 3.05) is 38.0 Å². The summed E-state index contributed by atoms with van der Waals surface area (Å²) in [6.07, 6.45) is 0. The van der Waals surface area contributed by atoms with Crippen molar-refractivity contribution in [3.63, 3.8) is 0 Å². The summed E-state index contributed by atoms with van der Waals surface area (Å²) >= 11 is 7.61. The van der Waals surface area contributed by atoms with E-state index >= 15 is 0 Å². The van der Waals surface area contributed by atoms with Crippen molar-refractivity contribution < 1.29 is 19.0 Å². The molecule has 3 rings (SSSR count). The SMILES string of the molecule is O=C(C[NH+]1CC[NH+](Cc2ccc(Cl)s2)CC1)Nc1cccc(F)c1. The molecule has 0 saturated carbocycles. The van der Waals surface area contributed by atoms with Gasteiger partial charge >= 0.3 is 0 Å². The summed E-state index contributed by atoms with van der Waals surface area (Å²) in [5.74, 6) is -0.407. The lowest BCUT2D eigenvalue weighted by atomic mass is 10.3. The molecule has 1 aromatic heterocycles. The molecule has 2 aromatic rings. The molecule has 3 N–H and O–H groups in total. The number of nitrogens with one attached hydrogen (secondary N) is 3. The van der Waals surface area contributed by atoms with Gasteiger partial charge in [0, 0.05) is 5.69 Å². The Morgan fingerprint density at radius 1 is 1.17 bits per heavy atom. The zero-order valence-corrected chi connectivity index (χ0v) is 14.9. The predicted octanol–water partition coefficient (Wildman–Crippen LogP) is 0.463. The topological polar surface area (TPSA) is 38.0 Å². The van der Waals surface area contributed by atoms with Gasteiger partial charge < -0.3 is 15.1 Å². The smallest absolute Gasteiger partial charge is 0.279 e. The van der Waals surface area contributed by atoms with Crippen molar-refractivity contribution in [2.24, 2.45) is 0 Å². The second-order valence-corrected chi connectivity index (χ2v) is 7.92. The van der Waals surface area contributed by atoms with E-state index in [1.165, 1.54) is 26.8 Å². The van der Waals surface area contributed by atoms with E-state index in [0.29, 0.717) is 12.2 Å². The first kappa shape index (κ1) is 17.4. The molecule has 1 aromatic carbocycles. The molecule has 1 fully saturated rings. The molecular formula is C17H21ClFN3OS+2. The molecule has 0 radical (unpaired) electrons. The number of carbonyl (C=O) groups excluding carboxylic acids is 1. The van der Waals surface area contributed by atoms with Crippen LogP contribution in [-0.2, 0) is 11.3 Å². The third-order valence-corrected chi connectivity index (χ3v) is 5.47.